The Morgan fingerprint density at radius 2 is 1.84 bits per heavy atom. The number of pyridine rings is 1. The van der Waals surface area contributed by atoms with Crippen LogP contribution >= 0.6 is 11.6 Å². The first-order valence-corrected chi connectivity index (χ1v) is 8.60. The van der Waals surface area contributed by atoms with Gasteiger partial charge in [-0.05, 0) is 36.2 Å². The summed E-state index contributed by atoms with van der Waals surface area (Å²) in [4.78, 5) is 12.4. The summed E-state index contributed by atoms with van der Waals surface area (Å²) in [5, 5.41) is 12.1. The summed E-state index contributed by atoms with van der Waals surface area (Å²) in [6, 6.07) is 11.2. The SMILES string of the molecule is CC(C)(C)c1nnc2ccc(C(=O)NCCc3ccc(Cl)cc3)cn12. The molecule has 0 bridgehead atoms. The number of hydrogen-bond donors (Lipinski definition) is 1. The third kappa shape index (κ3) is 3.99. The zero-order valence-corrected chi connectivity index (χ0v) is 15.3. The molecule has 0 aliphatic carbocycles. The highest BCUT2D eigenvalue weighted by Gasteiger charge is 2.21. The van der Waals surface area contributed by atoms with E-state index in [1.807, 2.05) is 34.7 Å². The smallest absolute Gasteiger partial charge is 0.252 e. The third-order valence-corrected chi connectivity index (χ3v) is 4.20. The van der Waals surface area contributed by atoms with Crippen molar-refractivity contribution < 1.29 is 4.79 Å². The van der Waals surface area contributed by atoms with E-state index in [0.29, 0.717) is 17.1 Å². The van der Waals surface area contributed by atoms with Crippen molar-refractivity contribution in [2.45, 2.75) is 32.6 Å². The Labute approximate surface area is 152 Å². The average molecular weight is 357 g/mol. The maximum atomic E-state index is 12.4. The van der Waals surface area contributed by atoms with Crippen LogP contribution in [-0.4, -0.2) is 27.0 Å². The highest BCUT2D eigenvalue weighted by molar-refractivity contribution is 6.30. The molecule has 0 saturated carbocycles. The highest BCUT2D eigenvalue weighted by atomic mass is 35.5. The summed E-state index contributed by atoms with van der Waals surface area (Å²) >= 11 is 5.88. The minimum atomic E-state index is -0.150. The van der Waals surface area contributed by atoms with E-state index in [1.54, 1.807) is 12.3 Å². The minimum Gasteiger partial charge on any atom is -0.352 e. The van der Waals surface area contributed by atoms with Crippen LogP contribution in [0.5, 0.6) is 0 Å². The van der Waals surface area contributed by atoms with Crippen molar-refractivity contribution in [1.29, 1.82) is 0 Å². The lowest BCUT2D eigenvalue weighted by Gasteiger charge is -2.16. The van der Waals surface area contributed by atoms with E-state index in [9.17, 15) is 4.79 Å². The fourth-order valence-corrected chi connectivity index (χ4v) is 2.74. The molecule has 0 spiro atoms. The summed E-state index contributed by atoms with van der Waals surface area (Å²) in [5.41, 5.74) is 2.31. The second-order valence-corrected chi connectivity index (χ2v) is 7.49. The molecular weight excluding hydrogens is 336 g/mol. The number of aromatic nitrogens is 3. The quantitative estimate of drug-likeness (QED) is 0.776. The Kier molecular flexibility index (Phi) is 4.77. The normalized spacial score (nSPS) is 11.7. The minimum absolute atomic E-state index is 0.107. The Bertz CT molecular complexity index is 894. The average Bonchev–Trinajstić information content (AvgIpc) is 3.00. The lowest BCUT2D eigenvalue weighted by atomic mass is 9.96. The first-order chi connectivity index (χ1) is 11.8. The molecule has 1 N–H and O–H groups in total. The van der Waals surface area contributed by atoms with Gasteiger partial charge in [0.25, 0.3) is 5.91 Å². The van der Waals surface area contributed by atoms with E-state index in [0.717, 1.165) is 23.5 Å². The molecule has 3 aromatic rings. The molecule has 25 heavy (non-hydrogen) atoms. The van der Waals surface area contributed by atoms with Crippen LogP contribution in [0.3, 0.4) is 0 Å². The Morgan fingerprint density at radius 1 is 1.12 bits per heavy atom. The molecule has 130 valence electrons. The van der Waals surface area contributed by atoms with Gasteiger partial charge in [0, 0.05) is 23.2 Å². The van der Waals surface area contributed by atoms with Crippen LogP contribution in [0.15, 0.2) is 42.6 Å². The number of carbonyl (C=O) groups excluding carboxylic acids is 1. The van der Waals surface area contributed by atoms with Gasteiger partial charge in [-0.2, -0.15) is 0 Å². The summed E-state index contributed by atoms with van der Waals surface area (Å²) in [5.74, 6) is 0.725. The van der Waals surface area contributed by atoms with Gasteiger partial charge in [-0.3, -0.25) is 9.20 Å². The largest absolute Gasteiger partial charge is 0.352 e. The standard InChI is InChI=1S/C19H21ClN4O/c1-19(2,3)18-23-22-16-9-6-14(12-24(16)18)17(25)21-11-10-13-4-7-15(20)8-5-13/h4-9,12H,10-11H2,1-3H3,(H,21,25). The van der Waals surface area contributed by atoms with Crippen molar-refractivity contribution >= 4 is 23.2 Å². The number of carbonyl (C=O) groups is 1. The molecular formula is C19H21ClN4O. The number of rotatable bonds is 4. The van der Waals surface area contributed by atoms with Gasteiger partial charge in [0.1, 0.15) is 5.82 Å². The Morgan fingerprint density at radius 3 is 2.52 bits per heavy atom. The molecule has 5 nitrogen and oxygen atoms in total. The summed E-state index contributed by atoms with van der Waals surface area (Å²) in [6.45, 7) is 6.78. The van der Waals surface area contributed by atoms with Gasteiger partial charge in [0.05, 0.1) is 5.56 Å². The molecule has 0 radical (unpaired) electrons. The molecule has 0 fully saturated rings. The molecule has 0 saturated heterocycles. The summed E-state index contributed by atoms with van der Waals surface area (Å²) < 4.78 is 1.88. The zero-order valence-electron chi connectivity index (χ0n) is 14.6. The van der Waals surface area contributed by atoms with Gasteiger partial charge in [-0.1, -0.05) is 44.5 Å². The van der Waals surface area contributed by atoms with E-state index < -0.39 is 0 Å². The zero-order chi connectivity index (χ0) is 18.0. The van der Waals surface area contributed by atoms with Crippen LogP contribution in [0, 0.1) is 0 Å². The predicted octanol–water partition coefficient (Wildman–Crippen LogP) is 3.65. The van der Waals surface area contributed by atoms with Crippen molar-refractivity contribution in [3.05, 3.63) is 64.6 Å². The monoisotopic (exact) mass is 356 g/mol. The predicted molar refractivity (Wildman–Crippen MR) is 99.2 cm³/mol. The van der Waals surface area contributed by atoms with Gasteiger partial charge in [-0.25, -0.2) is 0 Å². The van der Waals surface area contributed by atoms with Crippen LogP contribution in [0.25, 0.3) is 5.65 Å². The number of halogens is 1. The van der Waals surface area contributed by atoms with E-state index >= 15 is 0 Å². The van der Waals surface area contributed by atoms with Crippen LogP contribution in [-0.2, 0) is 11.8 Å². The fraction of sp³-hybridized carbons (Fsp3) is 0.316. The molecule has 0 atom stereocenters. The molecule has 0 aliphatic heterocycles. The fourth-order valence-electron chi connectivity index (χ4n) is 2.61. The number of nitrogens with zero attached hydrogens (tertiary/aromatic N) is 3. The maximum absolute atomic E-state index is 12.4. The molecule has 1 amide bonds. The summed E-state index contributed by atoms with van der Waals surface area (Å²) in [7, 11) is 0. The van der Waals surface area contributed by atoms with Crippen molar-refractivity contribution in [3.8, 4) is 0 Å². The number of benzene rings is 1. The topological polar surface area (TPSA) is 59.3 Å². The van der Waals surface area contributed by atoms with Crippen molar-refractivity contribution in [3.63, 3.8) is 0 Å². The Hall–Kier alpha value is -2.40. The van der Waals surface area contributed by atoms with Gasteiger partial charge >= 0.3 is 0 Å². The number of hydrogen-bond acceptors (Lipinski definition) is 3. The molecule has 1 aromatic carbocycles. The molecule has 0 aliphatic rings. The Balaban J connectivity index is 1.70. The maximum Gasteiger partial charge on any atom is 0.252 e. The molecule has 2 heterocycles. The third-order valence-electron chi connectivity index (χ3n) is 3.95. The van der Waals surface area contributed by atoms with Crippen LogP contribution in [0.4, 0.5) is 0 Å². The molecule has 2 aromatic heterocycles. The molecule has 6 heteroatoms. The van der Waals surface area contributed by atoms with Crippen molar-refractivity contribution in [2.75, 3.05) is 6.54 Å². The molecule has 3 rings (SSSR count). The number of amides is 1. The number of nitrogens with one attached hydrogen (secondary N) is 1. The van der Waals surface area contributed by atoms with Crippen LogP contribution in [0.2, 0.25) is 5.02 Å². The lowest BCUT2D eigenvalue weighted by molar-refractivity contribution is 0.0953. The van der Waals surface area contributed by atoms with Crippen molar-refractivity contribution in [1.82, 2.24) is 19.9 Å². The summed E-state index contributed by atoms with van der Waals surface area (Å²) in [6.07, 6.45) is 2.55. The van der Waals surface area contributed by atoms with E-state index in [4.69, 9.17) is 11.6 Å². The highest BCUT2D eigenvalue weighted by Crippen LogP contribution is 2.21. The molecule has 0 unspecified atom stereocenters. The van der Waals surface area contributed by atoms with Gasteiger partial charge in [0.2, 0.25) is 0 Å². The van der Waals surface area contributed by atoms with E-state index in [2.05, 4.69) is 36.3 Å². The van der Waals surface area contributed by atoms with Crippen LogP contribution in [0.1, 0.15) is 42.5 Å². The number of fused-ring (bicyclic) bond motifs is 1. The first-order valence-electron chi connectivity index (χ1n) is 8.22. The van der Waals surface area contributed by atoms with Crippen LogP contribution < -0.4 is 5.32 Å². The van der Waals surface area contributed by atoms with Gasteiger partial charge in [0.15, 0.2) is 5.65 Å². The van der Waals surface area contributed by atoms with E-state index in [-0.39, 0.29) is 11.3 Å². The van der Waals surface area contributed by atoms with Gasteiger partial charge in [-0.15, -0.1) is 10.2 Å². The van der Waals surface area contributed by atoms with Crippen molar-refractivity contribution in [2.24, 2.45) is 0 Å². The van der Waals surface area contributed by atoms with E-state index in [1.165, 1.54) is 0 Å². The van der Waals surface area contributed by atoms with Gasteiger partial charge < -0.3 is 5.32 Å². The lowest BCUT2D eigenvalue weighted by Crippen LogP contribution is -2.26. The second kappa shape index (κ2) is 6.84. The first kappa shape index (κ1) is 17.4. The second-order valence-electron chi connectivity index (χ2n) is 7.05.